The van der Waals surface area contributed by atoms with E-state index in [1.165, 1.54) is 18.1 Å². The third-order valence-corrected chi connectivity index (χ3v) is 1.52. The van der Waals surface area contributed by atoms with Gasteiger partial charge in [-0.05, 0) is 5.73 Å². The number of hydrogen-bond acceptors (Lipinski definition) is 4. The van der Waals surface area contributed by atoms with Crippen molar-refractivity contribution in [1.29, 1.82) is 0 Å². The normalized spacial score (nSPS) is 15.6. The van der Waals surface area contributed by atoms with Crippen LogP contribution in [0.4, 0.5) is 0 Å². The van der Waals surface area contributed by atoms with Crippen LogP contribution in [0.3, 0.4) is 0 Å². The minimum Gasteiger partial charge on any atom is -0.348 e. The van der Waals surface area contributed by atoms with Gasteiger partial charge >= 0.3 is 0 Å². The number of nitrogens with one attached hydrogen (secondary N) is 1. The first-order chi connectivity index (χ1) is 6.29. The van der Waals surface area contributed by atoms with E-state index in [0.717, 1.165) is 0 Å². The van der Waals surface area contributed by atoms with Crippen molar-refractivity contribution in [2.75, 3.05) is 20.2 Å². The van der Waals surface area contributed by atoms with E-state index in [1.807, 2.05) is 5.73 Å². The summed E-state index contributed by atoms with van der Waals surface area (Å²) in [6, 6.07) is 0. The van der Waals surface area contributed by atoms with Gasteiger partial charge in [-0.1, -0.05) is 0 Å². The number of carbonyl (C=O) groups is 1. The molecular weight excluding hydrogens is 172 g/mol. The highest BCUT2D eigenvalue weighted by Gasteiger charge is 2.21. The maximum Gasteiger partial charge on any atom is 0.278 e. The van der Waals surface area contributed by atoms with E-state index in [4.69, 9.17) is 4.84 Å². The Morgan fingerprint density at radius 3 is 3.00 bits per heavy atom. The fourth-order valence-corrected chi connectivity index (χ4v) is 0.966. The Balaban J connectivity index is 3.06. The summed E-state index contributed by atoms with van der Waals surface area (Å²) in [5, 5.41) is 3.91. The van der Waals surface area contributed by atoms with E-state index in [0.29, 0.717) is 13.1 Å². The van der Waals surface area contributed by atoms with E-state index in [2.05, 4.69) is 11.0 Å². The topological polar surface area (TPSA) is 58.6 Å². The van der Waals surface area contributed by atoms with Gasteiger partial charge in [0.15, 0.2) is 11.6 Å². The van der Waals surface area contributed by atoms with E-state index < -0.39 is 0 Å². The van der Waals surface area contributed by atoms with E-state index >= 15 is 0 Å². The van der Waals surface area contributed by atoms with Crippen molar-refractivity contribution in [2.45, 2.75) is 0 Å². The predicted molar refractivity (Wildman–Crippen MR) is 43.0 cm³/mol. The number of amides is 1. The molecule has 1 saturated heterocycles. The second kappa shape index (κ2) is 4.31. The van der Waals surface area contributed by atoms with Crippen LogP contribution in [0.1, 0.15) is 0 Å². The largest absolute Gasteiger partial charge is 0.348 e. The van der Waals surface area contributed by atoms with Crippen LogP contribution in [0, 0.1) is 0 Å². The molecule has 5 nitrogen and oxygen atoms in total. The molecule has 0 atom stereocenters. The second-order valence-electron chi connectivity index (χ2n) is 2.24. The molecule has 0 bridgehead atoms. The molecule has 0 aromatic carbocycles. The predicted octanol–water partition coefficient (Wildman–Crippen LogP) is -0.995. The zero-order valence-electron chi connectivity index (χ0n) is 7.09. The number of nitrogens with zero attached hydrogens (tertiary/aromatic N) is 1. The minimum atomic E-state index is -0.337. The van der Waals surface area contributed by atoms with Crippen molar-refractivity contribution in [3.63, 3.8) is 0 Å². The molecule has 0 aromatic heterocycles. The maximum atomic E-state index is 11.2. The molecule has 0 aliphatic carbocycles. The first kappa shape index (κ1) is 9.33. The van der Waals surface area contributed by atoms with Gasteiger partial charge in [-0.25, -0.2) is 9.86 Å². The van der Waals surface area contributed by atoms with E-state index in [9.17, 15) is 9.59 Å². The first-order valence-electron chi connectivity index (χ1n) is 3.64. The first-order valence-corrected chi connectivity index (χ1v) is 3.64. The molecule has 1 rings (SSSR count). The molecule has 0 spiro atoms. The van der Waals surface area contributed by atoms with Gasteiger partial charge in [0, 0.05) is 12.3 Å². The smallest absolute Gasteiger partial charge is 0.278 e. The van der Waals surface area contributed by atoms with Crippen LogP contribution in [0.2, 0.25) is 0 Å². The second-order valence-corrected chi connectivity index (χ2v) is 2.24. The summed E-state index contributed by atoms with van der Waals surface area (Å²) >= 11 is 0. The Labute approximate surface area is 74.9 Å². The van der Waals surface area contributed by atoms with Crippen molar-refractivity contribution < 1.29 is 14.4 Å². The third kappa shape index (κ3) is 2.09. The van der Waals surface area contributed by atoms with Gasteiger partial charge in [-0.3, -0.25) is 9.63 Å². The summed E-state index contributed by atoms with van der Waals surface area (Å²) in [6.45, 7) is 1.02. The lowest BCUT2D eigenvalue weighted by Crippen LogP contribution is -2.44. The van der Waals surface area contributed by atoms with Crippen LogP contribution in [-0.2, 0) is 14.4 Å². The zero-order valence-corrected chi connectivity index (χ0v) is 7.09. The molecule has 0 radical (unpaired) electrons. The number of carbonyl (C=O) groups excluding carboxylic acids is 2. The summed E-state index contributed by atoms with van der Waals surface area (Å²) < 4.78 is 0. The summed E-state index contributed by atoms with van der Waals surface area (Å²) in [6.07, 6.45) is 0. The highest BCUT2D eigenvalue weighted by Crippen LogP contribution is 2.05. The van der Waals surface area contributed by atoms with Crippen LogP contribution in [0.25, 0.3) is 0 Å². The number of piperazine rings is 1. The minimum absolute atomic E-state index is 0.136. The quantitative estimate of drug-likeness (QED) is 0.319. The lowest BCUT2D eigenvalue weighted by molar-refractivity contribution is -0.140. The van der Waals surface area contributed by atoms with E-state index in [-0.39, 0.29) is 11.6 Å². The molecule has 1 aliphatic rings. The monoisotopic (exact) mass is 180 g/mol. The Kier molecular flexibility index (Phi) is 3.09. The summed E-state index contributed by atoms with van der Waals surface area (Å²) in [7, 11) is 1.44. The van der Waals surface area contributed by atoms with Gasteiger partial charge in [0.1, 0.15) is 0 Å². The molecule has 0 unspecified atom stereocenters. The average molecular weight is 180 g/mol. The summed E-state index contributed by atoms with van der Waals surface area (Å²) in [5.41, 5.74) is 4.53. The molecule has 1 heterocycles. The molecule has 1 N–H and O–H groups in total. The third-order valence-electron chi connectivity index (χ3n) is 1.52. The molecular formula is C8H8N2O3. The van der Waals surface area contributed by atoms with Gasteiger partial charge < -0.3 is 5.32 Å². The Bertz CT molecular complexity index is 331. The van der Waals surface area contributed by atoms with Crippen molar-refractivity contribution in [3.05, 3.63) is 17.2 Å². The van der Waals surface area contributed by atoms with Gasteiger partial charge in [-0.2, -0.15) is 0 Å². The number of hydroxylamine groups is 2. The molecule has 1 fully saturated rings. The van der Waals surface area contributed by atoms with Crippen LogP contribution in [0.15, 0.2) is 17.2 Å². The fraction of sp³-hybridized carbons (Fsp3) is 0.375. The highest BCUT2D eigenvalue weighted by atomic mass is 16.7. The molecule has 0 saturated carbocycles. The summed E-state index contributed by atoms with van der Waals surface area (Å²) in [5.74, 6) is 1.05. The molecule has 13 heavy (non-hydrogen) atoms. The SMILES string of the molecule is CON1CCNC(=O)C1=C=C=C=O. The fourth-order valence-electron chi connectivity index (χ4n) is 0.966. The van der Waals surface area contributed by atoms with Crippen molar-refractivity contribution >= 4 is 11.8 Å². The van der Waals surface area contributed by atoms with Crippen LogP contribution in [0.5, 0.6) is 0 Å². The van der Waals surface area contributed by atoms with Crippen molar-refractivity contribution in [2.24, 2.45) is 0 Å². The standard InChI is InChI=1S/C8H8N2O3/c1-13-10-5-4-9-8(12)7(10)3-2-6-11/h4-5H2,1H3,(H,9,12). The lowest BCUT2D eigenvalue weighted by Gasteiger charge is -2.26. The molecule has 68 valence electrons. The van der Waals surface area contributed by atoms with Crippen molar-refractivity contribution in [3.8, 4) is 0 Å². The Morgan fingerprint density at radius 2 is 2.38 bits per heavy atom. The lowest BCUT2D eigenvalue weighted by atomic mass is 10.3. The van der Waals surface area contributed by atoms with Gasteiger partial charge in [-0.15, -0.1) is 0 Å². The summed E-state index contributed by atoms with van der Waals surface area (Å²) in [4.78, 5) is 25.9. The number of rotatable bonds is 1. The molecule has 1 aliphatic heterocycles. The van der Waals surface area contributed by atoms with Gasteiger partial charge in [0.2, 0.25) is 0 Å². The van der Waals surface area contributed by atoms with Crippen LogP contribution in [-0.4, -0.2) is 37.1 Å². The van der Waals surface area contributed by atoms with E-state index in [1.54, 1.807) is 0 Å². The zero-order chi connectivity index (χ0) is 9.68. The number of hydrogen-bond donors (Lipinski definition) is 1. The average Bonchev–Trinajstić information content (AvgIpc) is 2.15. The highest BCUT2D eigenvalue weighted by molar-refractivity contribution is 5.93. The van der Waals surface area contributed by atoms with Gasteiger partial charge in [0.25, 0.3) is 5.91 Å². The molecule has 0 aromatic rings. The van der Waals surface area contributed by atoms with Crippen molar-refractivity contribution in [1.82, 2.24) is 10.4 Å². The van der Waals surface area contributed by atoms with Crippen LogP contribution < -0.4 is 5.32 Å². The Morgan fingerprint density at radius 1 is 1.62 bits per heavy atom. The molecule has 5 heteroatoms. The van der Waals surface area contributed by atoms with Gasteiger partial charge in [0.05, 0.1) is 13.7 Å². The molecule has 1 amide bonds. The Hall–Kier alpha value is -1.76. The maximum absolute atomic E-state index is 11.2. The van der Waals surface area contributed by atoms with Crippen LogP contribution >= 0.6 is 0 Å².